The number of rotatable bonds is 5. The molecule has 0 aliphatic carbocycles. The molecule has 0 fully saturated rings. The Morgan fingerprint density at radius 2 is 2.08 bits per heavy atom. The van der Waals surface area contributed by atoms with E-state index in [4.69, 9.17) is 11.6 Å². The fourth-order valence-electron chi connectivity index (χ4n) is 2.35. The molecule has 1 N–H and O–H groups in total. The van der Waals surface area contributed by atoms with Crippen LogP contribution in [0.5, 0.6) is 0 Å². The molecule has 3 rings (SSSR count). The van der Waals surface area contributed by atoms with Crippen molar-refractivity contribution in [3.8, 4) is 0 Å². The maximum Gasteiger partial charge on any atom is 0.256 e. The number of carbonyl (C=O) groups is 1. The Morgan fingerprint density at radius 1 is 1.33 bits per heavy atom. The van der Waals surface area contributed by atoms with Crippen LogP contribution in [0.3, 0.4) is 0 Å². The summed E-state index contributed by atoms with van der Waals surface area (Å²) >= 11 is 7.91. The Bertz CT molecular complexity index is 844. The van der Waals surface area contributed by atoms with Gasteiger partial charge in [0.05, 0.1) is 24.3 Å². The standard InChI is InChI=1S/C17H15ClFN3OS/c1-11-15(17(23)20-9-14-3-2-8-24-14)16(18)22(21-11)10-12-4-6-13(19)7-5-12/h2-8H,9-10H2,1H3,(H,20,23). The van der Waals surface area contributed by atoms with Crippen LogP contribution in [-0.4, -0.2) is 15.7 Å². The van der Waals surface area contributed by atoms with Crippen molar-refractivity contribution in [3.05, 3.63) is 74.4 Å². The van der Waals surface area contributed by atoms with Crippen LogP contribution in [0, 0.1) is 12.7 Å². The lowest BCUT2D eigenvalue weighted by atomic mass is 10.2. The predicted molar refractivity (Wildman–Crippen MR) is 93.0 cm³/mol. The van der Waals surface area contributed by atoms with Crippen molar-refractivity contribution in [3.63, 3.8) is 0 Å². The Morgan fingerprint density at radius 3 is 2.75 bits per heavy atom. The lowest BCUT2D eigenvalue weighted by molar-refractivity contribution is 0.0951. The molecule has 0 atom stereocenters. The first-order chi connectivity index (χ1) is 11.5. The van der Waals surface area contributed by atoms with Crippen molar-refractivity contribution < 1.29 is 9.18 Å². The van der Waals surface area contributed by atoms with Crippen LogP contribution in [0.2, 0.25) is 5.15 Å². The molecule has 0 saturated carbocycles. The monoisotopic (exact) mass is 363 g/mol. The van der Waals surface area contributed by atoms with E-state index in [1.165, 1.54) is 12.1 Å². The van der Waals surface area contributed by atoms with Crippen LogP contribution in [0.4, 0.5) is 4.39 Å². The van der Waals surface area contributed by atoms with E-state index < -0.39 is 0 Å². The van der Waals surface area contributed by atoms with Crippen molar-refractivity contribution in [2.75, 3.05) is 0 Å². The fraction of sp³-hybridized carbons (Fsp3) is 0.176. The summed E-state index contributed by atoms with van der Waals surface area (Å²) in [6, 6.07) is 9.99. The third-order valence-electron chi connectivity index (χ3n) is 3.54. The highest BCUT2D eigenvalue weighted by molar-refractivity contribution is 7.09. The highest BCUT2D eigenvalue weighted by atomic mass is 35.5. The van der Waals surface area contributed by atoms with Gasteiger partial charge in [0.25, 0.3) is 5.91 Å². The van der Waals surface area contributed by atoms with E-state index >= 15 is 0 Å². The molecule has 0 spiro atoms. The number of thiophene rings is 1. The van der Waals surface area contributed by atoms with Gasteiger partial charge in [-0.25, -0.2) is 9.07 Å². The molecule has 0 unspecified atom stereocenters. The van der Waals surface area contributed by atoms with Gasteiger partial charge in [0.1, 0.15) is 11.0 Å². The Kier molecular flexibility index (Phi) is 4.97. The minimum Gasteiger partial charge on any atom is -0.347 e. The summed E-state index contributed by atoms with van der Waals surface area (Å²) in [6.45, 7) is 2.57. The van der Waals surface area contributed by atoms with E-state index in [2.05, 4.69) is 10.4 Å². The lowest BCUT2D eigenvalue weighted by Crippen LogP contribution is -2.23. The summed E-state index contributed by atoms with van der Waals surface area (Å²) in [5.74, 6) is -0.550. The van der Waals surface area contributed by atoms with Crippen LogP contribution >= 0.6 is 22.9 Å². The number of hydrogen-bond acceptors (Lipinski definition) is 3. The summed E-state index contributed by atoms with van der Waals surface area (Å²) in [5, 5.41) is 9.42. The first kappa shape index (κ1) is 16.7. The van der Waals surface area contributed by atoms with E-state index in [1.807, 2.05) is 17.5 Å². The van der Waals surface area contributed by atoms with Gasteiger partial charge in [-0.15, -0.1) is 11.3 Å². The van der Waals surface area contributed by atoms with Gasteiger partial charge in [0.15, 0.2) is 0 Å². The van der Waals surface area contributed by atoms with Crippen molar-refractivity contribution >= 4 is 28.8 Å². The third-order valence-corrected chi connectivity index (χ3v) is 4.80. The molecule has 3 aromatic rings. The van der Waals surface area contributed by atoms with E-state index in [0.717, 1.165) is 10.4 Å². The van der Waals surface area contributed by atoms with Gasteiger partial charge in [-0.05, 0) is 36.1 Å². The van der Waals surface area contributed by atoms with Gasteiger partial charge in [-0.2, -0.15) is 5.10 Å². The number of aryl methyl sites for hydroxylation is 1. The molecule has 1 amide bonds. The van der Waals surface area contributed by atoms with Gasteiger partial charge in [-0.1, -0.05) is 29.8 Å². The second-order valence-electron chi connectivity index (χ2n) is 5.30. The van der Waals surface area contributed by atoms with Crippen LogP contribution in [0.1, 0.15) is 26.5 Å². The maximum atomic E-state index is 13.0. The normalized spacial score (nSPS) is 10.8. The molecule has 4 nitrogen and oxygen atoms in total. The number of benzene rings is 1. The summed E-state index contributed by atoms with van der Waals surface area (Å²) in [4.78, 5) is 13.5. The van der Waals surface area contributed by atoms with E-state index in [0.29, 0.717) is 24.3 Å². The summed E-state index contributed by atoms with van der Waals surface area (Å²) in [5.41, 5.74) is 1.78. The van der Waals surface area contributed by atoms with Crippen molar-refractivity contribution in [2.24, 2.45) is 0 Å². The molecule has 0 aliphatic rings. The second kappa shape index (κ2) is 7.15. The van der Waals surface area contributed by atoms with Gasteiger partial charge in [-0.3, -0.25) is 4.79 Å². The molecule has 24 heavy (non-hydrogen) atoms. The Balaban J connectivity index is 1.75. The molecule has 7 heteroatoms. The minimum absolute atomic E-state index is 0.253. The molecule has 2 heterocycles. The van der Waals surface area contributed by atoms with Gasteiger partial charge in [0, 0.05) is 4.88 Å². The number of nitrogens with zero attached hydrogens (tertiary/aromatic N) is 2. The number of carbonyl (C=O) groups excluding carboxylic acids is 1. The Labute approximate surface area is 147 Å². The molecule has 124 valence electrons. The average Bonchev–Trinajstić information content (AvgIpc) is 3.16. The highest BCUT2D eigenvalue weighted by Crippen LogP contribution is 2.21. The molecule has 0 aliphatic heterocycles. The fourth-order valence-corrected chi connectivity index (χ4v) is 3.31. The van der Waals surface area contributed by atoms with Crippen LogP contribution < -0.4 is 5.32 Å². The maximum absolute atomic E-state index is 13.0. The number of aromatic nitrogens is 2. The number of amides is 1. The predicted octanol–water partition coefficient (Wildman–Crippen LogP) is 4.02. The number of hydrogen-bond donors (Lipinski definition) is 1. The summed E-state index contributed by atoms with van der Waals surface area (Å²) in [7, 11) is 0. The van der Waals surface area contributed by atoms with Crippen LogP contribution in [-0.2, 0) is 13.1 Å². The minimum atomic E-state index is -0.296. The zero-order chi connectivity index (χ0) is 17.1. The largest absolute Gasteiger partial charge is 0.347 e. The molecule has 0 saturated heterocycles. The first-order valence-electron chi connectivity index (χ1n) is 7.32. The summed E-state index contributed by atoms with van der Waals surface area (Å²) < 4.78 is 14.5. The van der Waals surface area contributed by atoms with Gasteiger partial charge in [0.2, 0.25) is 0 Å². The molecule has 1 aromatic carbocycles. The van der Waals surface area contributed by atoms with E-state index in [1.54, 1.807) is 35.1 Å². The van der Waals surface area contributed by atoms with Crippen LogP contribution in [0.25, 0.3) is 0 Å². The second-order valence-corrected chi connectivity index (χ2v) is 6.69. The van der Waals surface area contributed by atoms with E-state index in [-0.39, 0.29) is 16.9 Å². The molecule has 2 aromatic heterocycles. The quantitative estimate of drug-likeness (QED) is 0.744. The lowest BCUT2D eigenvalue weighted by Gasteiger charge is -2.05. The SMILES string of the molecule is Cc1nn(Cc2ccc(F)cc2)c(Cl)c1C(=O)NCc1cccs1. The van der Waals surface area contributed by atoms with Crippen molar-refractivity contribution in [2.45, 2.75) is 20.0 Å². The van der Waals surface area contributed by atoms with Gasteiger partial charge >= 0.3 is 0 Å². The summed E-state index contributed by atoms with van der Waals surface area (Å²) in [6.07, 6.45) is 0. The van der Waals surface area contributed by atoms with Crippen molar-refractivity contribution in [1.82, 2.24) is 15.1 Å². The molecule has 0 bridgehead atoms. The highest BCUT2D eigenvalue weighted by Gasteiger charge is 2.20. The Hall–Kier alpha value is -2.18. The molecule has 0 radical (unpaired) electrons. The van der Waals surface area contributed by atoms with Gasteiger partial charge < -0.3 is 5.32 Å². The number of halogens is 2. The first-order valence-corrected chi connectivity index (χ1v) is 8.58. The van der Waals surface area contributed by atoms with Crippen LogP contribution in [0.15, 0.2) is 41.8 Å². The third kappa shape index (κ3) is 3.66. The zero-order valence-electron chi connectivity index (χ0n) is 12.9. The smallest absolute Gasteiger partial charge is 0.256 e. The number of nitrogens with one attached hydrogen (secondary N) is 1. The topological polar surface area (TPSA) is 46.9 Å². The molecular weight excluding hydrogens is 349 g/mol. The van der Waals surface area contributed by atoms with Crippen molar-refractivity contribution in [1.29, 1.82) is 0 Å². The van der Waals surface area contributed by atoms with E-state index in [9.17, 15) is 9.18 Å². The molecular formula is C17H15ClFN3OS. The average molecular weight is 364 g/mol. The zero-order valence-corrected chi connectivity index (χ0v) is 14.5.